The predicted molar refractivity (Wildman–Crippen MR) is 95.5 cm³/mol. The lowest BCUT2D eigenvalue weighted by molar-refractivity contribution is 0.210. The Balaban J connectivity index is 1.57. The minimum Gasteiger partial charge on any atom is -0.302 e. The van der Waals surface area contributed by atoms with Crippen molar-refractivity contribution in [1.29, 1.82) is 0 Å². The molecule has 4 rings (SSSR count). The largest absolute Gasteiger partial charge is 0.302 e. The average Bonchev–Trinajstić information content (AvgIpc) is 3.07. The van der Waals surface area contributed by atoms with Gasteiger partial charge in [0.15, 0.2) is 0 Å². The van der Waals surface area contributed by atoms with Crippen LogP contribution in [0.1, 0.15) is 35.1 Å². The molecule has 2 heteroatoms. The van der Waals surface area contributed by atoms with Gasteiger partial charge in [-0.05, 0) is 54.6 Å². The Kier molecular flexibility index (Phi) is 4.45. The number of hydrogen-bond donors (Lipinski definition) is 0. The normalized spacial score (nSPS) is 19.0. The fourth-order valence-electron chi connectivity index (χ4n) is 3.96. The maximum Gasteiger partial charge on any atom is 0.0240 e. The molecule has 2 aromatic carbocycles. The van der Waals surface area contributed by atoms with E-state index >= 15 is 0 Å². The van der Waals surface area contributed by atoms with Gasteiger partial charge in [0.25, 0.3) is 0 Å². The summed E-state index contributed by atoms with van der Waals surface area (Å²) >= 11 is 0. The minimum atomic E-state index is 1.08. The Morgan fingerprint density at radius 2 is 1.09 bits per heavy atom. The molecule has 2 nitrogen and oxygen atoms in total. The molecule has 2 aliphatic rings. The van der Waals surface area contributed by atoms with Crippen LogP contribution in [0.3, 0.4) is 0 Å². The fourth-order valence-corrected chi connectivity index (χ4v) is 3.96. The van der Waals surface area contributed by atoms with Gasteiger partial charge in [-0.15, -0.1) is 0 Å². The summed E-state index contributed by atoms with van der Waals surface area (Å²) in [6.07, 6.45) is 3.84. The first-order valence-corrected chi connectivity index (χ1v) is 8.97. The van der Waals surface area contributed by atoms with E-state index in [9.17, 15) is 0 Å². The van der Waals surface area contributed by atoms with Crippen LogP contribution in [0.5, 0.6) is 0 Å². The molecule has 0 aromatic heterocycles. The van der Waals surface area contributed by atoms with Gasteiger partial charge in [0.1, 0.15) is 0 Å². The summed E-state index contributed by atoms with van der Waals surface area (Å²) in [6, 6.07) is 18.0. The molecular formula is C21H26N2. The number of rotatable bonds is 3. The van der Waals surface area contributed by atoms with Gasteiger partial charge < -0.3 is 4.90 Å². The van der Waals surface area contributed by atoms with E-state index < -0.39 is 0 Å². The molecule has 0 spiro atoms. The van der Waals surface area contributed by atoms with E-state index in [-0.39, 0.29) is 0 Å². The van der Waals surface area contributed by atoms with Gasteiger partial charge in [0, 0.05) is 26.2 Å². The molecule has 1 saturated heterocycles. The SMILES string of the molecule is c1ccc2c(c1)Cc1ccccc1CN(CCN1CCCC1)C2. The number of nitrogens with zero attached hydrogens (tertiary/aromatic N) is 2. The first-order valence-electron chi connectivity index (χ1n) is 8.97. The van der Waals surface area contributed by atoms with Crippen LogP contribution in [0, 0.1) is 0 Å². The zero-order chi connectivity index (χ0) is 15.5. The lowest BCUT2D eigenvalue weighted by Crippen LogP contribution is -2.34. The quantitative estimate of drug-likeness (QED) is 0.853. The van der Waals surface area contributed by atoms with E-state index in [0.29, 0.717) is 0 Å². The second kappa shape index (κ2) is 6.86. The summed E-state index contributed by atoms with van der Waals surface area (Å²) in [6.45, 7) is 7.13. The number of fused-ring (bicyclic) bond motifs is 2. The number of benzene rings is 2. The second-order valence-electron chi connectivity index (χ2n) is 6.97. The standard InChI is InChI=1S/C21H26N2/c1-3-9-20-16-23(14-13-22-11-5-6-12-22)17-21-10-4-2-8-19(21)15-18(20)7-1/h1-4,7-10H,5-6,11-17H2. The van der Waals surface area contributed by atoms with Gasteiger partial charge >= 0.3 is 0 Å². The van der Waals surface area contributed by atoms with Crippen LogP contribution in [-0.4, -0.2) is 36.0 Å². The maximum absolute atomic E-state index is 2.63. The smallest absolute Gasteiger partial charge is 0.0240 e. The molecule has 120 valence electrons. The van der Waals surface area contributed by atoms with Gasteiger partial charge in [-0.2, -0.15) is 0 Å². The van der Waals surface area contributed by atoms with Crippen LogP contribution in [0.2, 0.25) is 0 Å². The molecule has 0 bridgehead atoms. The van der Waals surface area contributed by atoms with Gasteiger partial charge in [0.05, 0.1) is 0 Å². The van der Waals surface area contributed by atoms with Crippen molar-refractivity contribution in [3.05, 3.63) is 70.8 Å². The monoisotopic (exact) mass is 306 g/mol. The molecule has 23 heavy (non-hydrogen) atoms. The molecule has 0 saturated carbocycles. The highest BCUT2D eigenvalue weighted by molar-refractivity contribution is 5.38. The summed E-state index contributed by atoms with van der Waals surface area (Å²) < 4.78 is 0. The van der Waals surface area contributed by atoms with Crippen LogP contribution < -0.4 is 0 Å². The van der Waals surface area contributed by atoms with Crippen molar-refractivity contribution in [2.75, 3.05) is 26.2 Å². The minimum absolute atomic E-state index is 1.08. The second-order valence-corrected chi connectivity index (χ2v) is 6.97. The molecule has 0 unspecified atom stereocenters. The highest BCUT2D eigenvalue weighted by Gasteiger charge is 2.18. The maximum atomic E-state index is 2.63. The molecule has 1 fully saturated rings. The van der Waals surface area contributed by atoms with E-state index in [1.54, 1.807) is 0 Å². The molecule has 0 radical (unpaired) electrons. The van der Waals surface area contributed by atoms with E-state index in [1.165, 1.54) is 61.3 Å². The Labute approximate surface area is 139 Å². The van der Waals surface area contributed by atoms with E-state index in [1.807, 2.05) is 0 Å². The zero-order valence-electron chi connectivity index (χ0n) is 13.9. The Morgan fingerprint density at radius 3 is 1.65 bits per heavy atom. The van der Waals surface area contributed by atoms with Crippen LogP contribution in [0.4, 0.5) is 0 Å². The van der Waals surface area contributed by atoms with Gasteiger partial charge in [-0.1, -0.05) is 48.5 Å². The van der Waals surface area contributed by atoms with Crippen molar-refractivity contribution < 1.29 is 0 Å². The molecule has 2 aromatic rings. The summed E-state index contributed by atoms with van der Waals surface area (Å²) in [4.78, 5) is 5.26. The predicted octanol–water partition coefficient (Wildman–Crippen LogP) is 3.69. The van der Waals surface area contributed by atoms with Crippen LogP contribution >= 0.6 is 0 Å². The molecular weight excluding hydrogens is 280 g/mol. The van der Waals surface area contributed by atoms with E-state index in [4.69, 9.17) is 0 Å². The van der Waals surface area contributed by atoms with Crippen LogP contribution in [0.25, 0.3) is 0 Å². The fraction of sp³-hybridized carbons (Fsp3) is 0.429. The van der Waals surface area contributed by atoms with Crippen molar-refractivity contribution in [3.63, 3.8) is 0 Å². The summed E-state index contributed by atoms with van der Waals surface area (Å²) in [7, 11) is 0. The molecule has 0 N–H and O–H groups in total. The van der Waals surface area contributed by atoms with Crippen molar-refractivity contribution >= 4 is 0 Å². The number of likely N-dealkylation sites (tertiary alicyclic amines) is 1. The van der Waals surface area contributed by atoms with Gasteiger partial charge in [-0.25, -0.2) is 0 Å². The number of hydrogen-bond acceptors (Lipinski definition) is 2. The van der Waals surface area contributed by atoms with Gasteiger partial charge in [-0.3, -0.25) is 4.90 Å². The average molecular weight is 306 g/mol. The van der Waals surface area contributed by atoms with Crippen molar-refractivity contribution in [2.45, 2.75) is 32.4 Å². The van der Waals surface area contributed by atoms with Crippen molar-refractivity contribution in [3.8, 4) is 0 Å². The Bertz CT molecular complexity index is 611. The summed E-state index contributed by atoms with van der Waals surface area (Å²) in [5.41, 5.74) is 5.99. The summed E-state index contributed by atoms with van der Waals surface area (Å²) in [5, 5.41) is 0. The van der Waals surface area contributed by atoms with E-state index in [2.05, 4.69) is 58.3 Å². The Hall–Kier alpha value is -1.64. The van der Waals surface area contributed by atoms with Crippen molar-refractivity contribution in [1.82, 2.24) is 9.80 Å². The van der Waals surface area contributed by atoms with E-state index in [0.717, 1.165) is 19.5 Å². The lowest BCUT2D eigenvalue weighted by atomic mass is 9.94. The van der Waals surface area contributed by atoms with Gasteiger partial charge in [0.2, 0.25) is 0 Å². The first kappa shape index (κ1) is 14.9. The highest BCUT2D eigenvalue weighted by atomic mass is 15.2. The molecule has 2 aliphatic heterocycles. The van der Waals surface area contributed by atoms with Crippen LogP contribution in [-0.2, 0) is 19.5 Å². The Morgan fingerprint density at radius 1 is 0.609 bits per heavy atom. The first-order chi connectivity index (χ1) is 11.4. The third kappa shape index (κ3) is 3.49. The lowest BCUT2D eigenvalue weighted by Gasteiger charge is -2.29. The zero-order valence-corrected chi connectivity index (χ0v) is 13.9. The molecule has 2 heterocycles. The highest BCUT2D eigenvalue weighted by Crippen LogP contribution is 2.24. The summed E-state index contributed by atoms with van der Waals surface area (Å²) in [5.74, 6) is 0. The third-order valence-electron chi connectivity index (χ3n) is 5.34. The van der Waals surface area contributed by atoms with Crippen LogP contribution in [0.15, 0.2) is 48.5 Å². The van der Waals surface area contributed by atoms with Crippen molar-refractivity contribution in [2.24, 2.45) is 0 Å². The third-order valence-corrected chi connectivity index (χ3v) is 5.34. The molecule has 0 aliphatic carbocycles. The molecule has 0 atom stereocenters. The molecule has 0 amide bonds. The topological polar surface area (TPSA) is 6.48 Å².